The van der Waals surface area contributed by atoms with Crippen LogP contribution < -0.4 is 4.90 Å². The maximum atomic E-state index is 6.01. The molecule has 0 N–H and O–H groups in total. The lowest BCUT2D eigenvalue weighted by Gasteiger charge is -2.33. The number of rotatable bonds is 2. The molecule has 4 aromatic rings. The van der Waals surface area contributed by atoms with Crippen LogP contribution in [0.5, 0.6) is 0 Å². The zero-order valence-corrected chi connectivity index (χ0v) is 13.7. The molecule has 6 nitrogen and oxygen atoms in total. The summed E-state index contributed by atoms with van der Waals surface area (Å²) in [6.07, 6.45) is 0.774. The van der Waals surface area contributed by atoms with E-state index in [-0.39, 0.29) is 6.04 Å². The third-order valence-electron chi connectivity index (χ3n) is 4.60. The summed E-state index contributed by atoms with van der Waals surface area (Å²) in [6.45, 7) is 2.49. The fraction of sp³-hybridized carbons (Fsp3) is 0.211. The van der Waals surface area contributed by atoms with Crippen LogP contribution in [0.15, 0.2) is 57.4 Å². The van der Waals surface area contributed by atoms with Crippen molar-refractivity contribution in [1.29, 1.82) is 0 Å². The van der Waals surface area contributed by atoms with Crippen LogP contribution in [0.1, 0.15) is 29.0 Å². The highest BCUT2D eigenvalue weighted by atomic mass is 16.4. The second-order valence-electron chi connectivity index (χ2n) is 6.24. The number of anilines is 1. The van der Waals surface area contributed by atoms with Crippen molar-refractivity contribution in [3.8, 4) is 0 Å². The van der Waals surface area contributed by atoms with E-state index in [1.165, 1.54) is 11.1 Å². The Morgan fingerprint density at radius 3 is 2.56 bits per heavy atom. The van der Waals surface area contributed by atoms with E-state index >= 15 is 0 Å². The Labute approximate surface area is 144 Å². The lowest BCUT2D eigenvalue weighted by Crippen LogP contribution is -2.34. The number of fused-ring (bicyclic) bond motifs is 2. The molecule has 0 bridgehead atoms. The first-order valence-electron chi connectivity index (χ1n) is 8.27. The minimum Gasteiger partial charge on any atom is -0.423 e. The van der Waals surface area contributed by atoms with Crippen LogP contribution in [0.3, 0.4) is 0 Å². The van der Waals surface area contributed by atoms with Crippen molar-refractivity contribution < 1.29 is 8.83 Å². The van der Waals surface area contributed by atoms with Crippen LogP contribution in [0.4, 0.5) is 6.01 Å². The summed E-state index contributed by atoms with van der Waals surface area (Å²) in [4.78, 5) is 6.77. The molecule has 0 aliphatic carbocycles. The van der Waals surface area contributed by atoms with Gasteiger partial charge >= 0.3 is 0 Å². The second kappa shape index (κ2) is 5.44. The summed E-state index contributed by atoms with van der Waals surface area (Å²) in [5, 5.41) is 8.24. The summed E-state index contributed by atoms with van der Waals surface area (Å²) < 4.78 is 11.7. The molecule has 2 aromatic heterocycles. The topological polar surface area (TPSA) is 68.2 Å². The van der Waals surface area contributed by atoms with Crippen LogP contribution in [-0.2, 0) is 13.0 Å². The van der Waals surface area contributed by atoms with E-state index in [1.54, 1.807) is 6.92 Å². The van der Waals surface area contributed by atoms with Gasteiger partial charge in [-0.15, -0.1) is 10.2 Å². The van der Waals surface area contributed by atoms with Crippen LogP contribution in [0.25, 0.3) is 11.1 Å². The van der Waals surface area contributed by atoms with Crippen LogP contribution >= 0.6 is 0 Å². The van der Waals surface area contributed by atoms with E-state index in [1.807, 2.05) is 24.3 Å². The van der Waals surface area contributed by atoms with E-state index in [0.717, 1.165) is 17.5 Å². The number of benzene rings is 2. The minimum absolute atomic E-state index is 0.0934. The Morgan fingerprint density at radius 2 is 1.76 bits per heavy atom. The molecule has 2 aromatic carbocycles. The summed E-state index contributed by atoms with van der Waals surface area (Å²) >= 11 is 0. The molecule has 0 fully saturated rings. The highest BCUT2D eigenvalue weighted by molar-refractivity contribution is 5.74. The molecule has 1 unspecified atom stereocenters. The van der Waals surface area contributed by atoms with Gasteiger partial charge in [0, 0.05) is 19.9 Å². The molecular weight excluding hydrogens is 316 g/mol. The van der Waals surface area contributed by atoms with Gasteiger partial charge in [-0.2, -0.15) is 4.98 Å². The maximum absolute atomic E-state index is 6.01. The predicted molar refractivity (Wildman–Crippen MR) is 92.1 cm³/mol. The van der Waals surface area contributed by atoms with Gasteiger partial charge in [0.2, 0.25) is 11.8 Å². The van der Waals surface area contributed by atoms with Crippen molar-refractivity contribution >= 4 is 17.1 Å². The van der Waals surface area contributed by atoms with Crippen LogP contribution in [0, 0.1) is 6.92 Å². The normalized spacial score (nSPS) is 17.0. The number of hydrogen-bond donors (Lipinski definition) is 0. The molecule has 5 rings (SSSR count). The van der Waals surface area contributed by atoms with Crippen molar-refractivity contribution in [2.75, 3.05) is 4.90 Å². The van der Waals surface area contributed by atoms with Gasteiger partial charge in [0.05, 0.1) is 0 Å². The van der Waals surface area contributed by atoms with Gasteiger partial charge in [0.15, 0.2) is 5.58 Å². The lowest BCUT2D eigenvalue weighted by molar-refractivity contribution is 0.389. The molecule has 25 heavy (non-hydrogen) atoms. The number of para-hydroxylation sites is 2. The molecule has 0 spiro atoms. The van der Waals surface area contributed by atoms with E-state index in [9.17, 15) is 0 Å². The lowest BCUT2D eigenvalue weighted by atomic mass is 9.94. The molecule has 6 heteroatoms. The van der Waals surface area contributed by atoms with Gasteiger partial charge in [-0.05, 0) is 23.3 Å². The smallest absolute Gasteiger partial charge is 0.299 e. The highest BCUT2D eigenvalue weighted by Gasteiger charge is 2.34. The molecule has 1 aliphatic rings. The van der Waals surface area contributed by atoms with Gasteiger partial charge in [0.25, 0.3) is 6.01 Å². The Balaban J connectivity index is 1.63. The predicted octanol–water partition coefficient (Wildman–Crippen LogP) is 3.82. The zero-order chi connectivity index (χ0) is 16.8. The van der Waals surface area contributed by atoms with Gasteiger partial charge in [-0.25, -0.2) is 0 Å². The molecule has 0 saturated carbocycles. The average Bonchev–Trinajstić information content (AvgIpc) is 3.26. The Morgan fingerprint density at radius 1 is 0.960 bits per heavy atom. The SMILES string of the molecule is Cc1nnc(C2Cc3ccccc3CN2c2nc3ccccc3o2)o1. The van der Waals surface area contributed by atoms with E-state index in [4.69, 9.17) is 8.83 Å². The van der Waals surface area contributed by atoms with Gasteiger partial charge in [-0.1, -0.05) is 36.4 Å². The Kier molecular flexibility index (Phi) is 3.09. The third kappa shape index (κ3) is 2.38. The maximum Gasteiger partial charge on any atom is 0.299 e. The minimum atomic E-state index is -0.0934. The van der Waals surface area contributed by atoms with E-state index < -0.39 is 0 Å². The fourth-order valence-electron chi connectivity index (χ4n) is 3.37. The van der Waals surface area contributed by atoms with Crippen molar-refractivity contribution in [3.05, 3.63) is 71.4 Å². The number of aryl methyl sites for hydroxylation is 1. The molecule has 1 atom stereocenters. The molecule has 3 heterocycles. The largest absolute Gasteiger partial charge is 0.423 e. The third-order valence-corrected chi connectivity index (χ3v) is 4.60. The van der Waals surface area contributed by atoms with Crippen LogP contribution in [0.2, 0.25) is 0 Å². The Bertz CT molecular complexity index is 1020. The first-order chi connectivity index (χ1) is 12.3. The van der Waals surface area contributed by atoms with Crippen LogP contribution in [-0.4, -0.2) is 15.2 Å². The number of aromatic nitrogens is 3. The first-order valence-corrected chi connectivity index (χ1v) is 8.27. The Hall–Kier alpha value is -3.15. The summed E-state index contributed by atoms with van der Waals surface area (Å²) in [5.41, 5.74) is 4.17. The summed E-state index contributed by atoms with van der Waals surface area (Å²) in [5.74, 6) is 1.15. The van der Waals surface area contributed by atoms with Crippen molar-refractivity contribution in [2.45, 2.75) is 25.9 Å². The molecule has 0 radical (unpaired) electrons. The van der Waals surface area contributed by atoms with Gasteiger partial charge in [0.1, 0.15) is 11.6 Å². The average molecular weight is 332 g/mol. The monoisotopic (exact) mass is 332 g/mol. The van der Waals surface area contributed by atoms with E-state index in [2.05, 4.69) is 44.3 Å². The zero-order valence-electron chi connectivity index (χ0n) is 13.7. The molecule has 0 saturated heterocycles. The number of oxazole rings is 1. The molecular formula is C19H16N4O2. The quantitative estimate of drug-likeness (QED) is 0.556. The fourth-order valence-corrected chi connectivity index (χ4v) is 3.37. The molecule has 1 aliphatic heterocycles. The van der Waals surface area contributed by atoms with Gasteiger partial charge in [-0.3, -0.25) is 0 Å². The van der Waals surface area contributed by atoms with Crippen molar-refractivity contribution in [1.82, 2.24) is 15.2 Å². The van der Waals surface area contributed by atoms with Crippen molar-refractivity contribution in [2.24, 2.45) is 0 Å². The molecule has 124 valence electrons. The number of nitrogens with zero attached hydrogens (tertiary/aromatic N) is 4. The summed E-state index contributed by atoms with van der Waals surface area (Å²) in [6, 6.07) is 16.7. The second-order valence-corrected chi connectivity index (χ2v) is 6.24. The first kappa shape index (κ1) is 14.2. The number of hydrogen-bond acceptors (Lipinski definition) is 6. The highest BCUT2D eigenvalue weighted by Crippen LogP contribution is 2.37. The summed E-state index contributed by atoms with van der Waals surface area (Å²) in [7, 11) is 0. The van der Waals surface area contributed by atoms with Gasteiger partial charge < -0.3 is 13.7 Å². The van der Waals surface area contributed by atoms with E-state index in [0.29, 0.717) is 24.3 Å². The standard InChI is InChI=1S/C19H16N4O2/c1-12-21-22-18(24-12)16-10-13-6-2-3-7-14(13)11-23(16)19-20-15-8-4-5-9-17(15)25-19/h2-9,16H,10-11H2,1H3. The molecule has 0 amide bonds. The van der Waals surface area contributed by atoms with Crippen molar-refractivity contribution in [3.63, 3.8) is 0 Å².